The summed E-state index contributed by atoms with van der Waals surface area (Å²) >= 11 is 0. The number of esters is 2. The van der Waals surface area contributed by atoms with Crippen LogP contribution >= 0.6 is 0 Å². The van der Waals surface area contributed by atoms with Crippen molar-refractivity contribution in [3.8, 4) is 11.1 Å². The van der Waals surface area contributed by atoms with Crippen LogP contribution in [0.4, 0.5) is 9.59 Å². The number of rotatable bonds is 14. The summed E-state index contributed by atoms with van der Waals surface area (Å²) < 4.78 is 44.3. The van der Waals surface area contributed by atoms with Crippen LogP contribution < -0.4 is 5.32 Å². The Labute approximate surface area is 433 Å². The van der Waals surface area contributed by atoms with E-state index in [9.17, 15) is 28.8 Å². The summed E-state index contributed by atoms with van der Waals surface area (Å²) in [6.45, 7) is 15.6. The summed E-state index contributed by atoms with van der Waals surface area (Å²) in [6.07, 6.45) is -5.73. The summed E-state index contributed by atoms with van der Waals surface area (Å²) in [5.41, 5.74) is 10.4. The number of nitrogens with one attached hydrogen (secondary N) is 1. The third-order valence-corrected chi connectivity index (χ3v) is 15.9. The predicted molar refractivity (Wildman–Crippen MR) is 272 cm³/mol. The Bertz CT molecular complexity index is 2550. The van der Waals surface area contributed by atoms with Gasteiger partial charge in [-0.1, -0.05) is 106 Å². The van der Waals surface area contributed by atoms with Crippen LogP contribution in [0.5, 0.6) is 0 Å². The quantitative estimate of drug-likeness (QED) is 0.0302. The van der Waals surface area contributed by atoms with Crippen LogP contribution in [-0.4, -0.2) is 121 Å². The minimum Gasteiger partial charge on any atom is -0.458 e. The molecule has 0 aromatic heterocycles. The fourth-order valence-corrected chi connectivity index (χ4v) is 11.8. The Hall–Kier alpha value is -6.33. The lowest BCUT2D eigenvalue weighted by Gasteiger charge is -2.48. The largest absolute Gasteiger partial charge is 0.458 e. The van der Waals surface area contributed by atoms with Crippen LogP contribution in [0.3, 0.4) is 0 Å². The summed E-state index contributed by atoms with van der Waals surface area (Å²) in [6, 6.07) is 22.6. The van der Waals surface area contributed by atoms with Gasteiger partial charge in [-0.05, 0) is 93.3 Å². The molecule has 3 aromatic carbocycles. The molecule has 0 bridgehead atoms. The molecule has 3 saturated heterocycles. The number of alkyl carbamates (subject to hydrolysis) is 1. The fourth-order valence-electron chi connectivity index (χ4n) is 11.8. The molecular weight excluding hydrogens is 951 g/mol. The molecule has 2 amide bonds. The Balaban J connectivity index is 1.19. The molecule has 398 valence electrons. The molecule has 3 heterocycles. The topological polar surface area (TPSA) is 231 Å². The highest BCUT2D eigenvalue weighted by atomic mass is 16.7. The number of nitrogens with zero attached hydrogens (tertiary/aromatic N) is 4. The van der Waals surface area contributed by atoms with Gasteiger partial charge in [-0.3, -0.25) is 14.4 Å². The number of ether oxygens (including phenoxy) is 7. The number of fused-ring (bicyclic) bond motifs is 4. The van der Waals surface area contributed by atoms with Crippen molar-refractivity contribution in [1.29, 1.82) is 0 Å². The van der Waals surface area contributed by atoms with Crippen LogP contribution in [0, 0.1) is 29.6 Å². The molecule has 4 aliphatic rings. The molecule has 18 nitrogen and oxygen atoms in total. The Kier molecular flexibility index (Phi) is 17.6. The zero-order valence-electron chi connectivity index (χ0n) is 44.1. The smallest absolute Gasteiger partial charge is 0.410 e. The Morgan fingerprint density at radius 2 is 1.50 bits per heavy atom. The number of unbranched alkanes of at least 4 members (excludes halogenated alkanes) is 1. The van der Waals surface area contributed by atoms with Gasteiger partial charge in [0.25, 0.3) is 0 Å². The number of benzene rings is 3. The second-order valence-electron chi connectivity index (χ2n) is 20.8. The van der Waals surface area contributed by atoms with E-state index in [1.165, 1.54) is 18.9 Å². The summed E-state index contributed by atoms with van der Waals surface area (Å²) in [7, 11) is 1.45. The average Bonchev–Trinajstić information content (AvgIpc) is 3.86. The zero-order chi connectivity index (χ0) is 53.6. The van der Waals surface area contributed by atoms with Gasteiger partial charge in [0.1, 0.15) is 30.5 Å². The van der Waals surface area contributed by atoms with Crippen molar-refractivity contribution in [2.45, 2.75) is 148 Å². The van der Waals surface area contributed by atoms with Gasteiger partial charge in [0.15, 0.2) is 17.7 Å². The minimum absolute atomic E-state index is 0.0185. The van der Waals surface area contributed by atoms with E-state index in [4.69, 9.17) is 38.7 Å². The maximum Gasteiger partial charge on any atom is 0.410 e. The number of ketones is 2. The Morgan fingerprint density at radius 3 is 2.12 bits per heavy atom. The van der Waals surface area contributed by atoms with E-state index in [0.717, 1.165) is 22.3 Å². The third kappa shape index (κ3) is 11.2. The van der Waals surface area contributed by atoms with E-state index in [2.05, 4.69) is 15.3 Å². The maximum atomic E-state index is 14.9. The molecule has 7 rings (SSSR count). The molecule has 74 heavy (non-hydrogen) atoms. The predicted octanol–water partition coefficient (Wildman–Crippen LogP) is 9.37. The lowest BCUT2D eigenvalue weighted by Crippen LogP contribution is -2.63. The first-order valence-electron chi connectivity index (χ1n) is 25.8. The molecular formula is C56H71N5O13. The van der Waals surface area contributed by atoms with Crippen LogP contribution in [0.2, 0.25) is 0 Å². The van der Waals surface area contributed by atoms with E-state index >= 15 is 0 Å². The second-order valence-corrected chi connectivity index (χ2v) is 20.8. The molecule has 3 aliphatic heterocycles. The van der Waals surface area contributed by atoms with Gasteiger partial charge in [0, 0.05) is 54.7 Å². The minimum atomic E-state index is -1.49. The van der Waals surface area contributed by atoms with Gasteiger partial charge in [0.05, 0.1) is 35.5 Å². The summed E-state index contributed by atoms with van der Waals surface area (Å²) in [4.78, 5) is 89.9. The second kappa shape index (κ2) is 23.5. The summed E-state index contributed by atoms with van der Waals surface area (Å²) in [5.74, 6) is -7.35. The van der Waals surface area contributed by atoms with Crippen molar-refractivity contribution in [3.05, 3.63) is 106 Å². The Morgan fingerprint density at radius 1 is 0.865 bits per heavy atom. The van der Waals surface area contributed by atoms with Gasteiger partial charge in [-0.15, -0.1) is 0 Å². The average molecular weight is 1020 g/mol. The fraction of sp³-hybridized carbons (Fsp3) is 0.571. The van der Waals surface area contributed by atoms with Crippen LogP contribution in [0.1, 0.15) is 115 Å². The van der Waals surface area contributed by atoms with Crippen molar-refractivity contribution in [2.75, 3.05) is 26.8 Å². The highest BCUT2D eigenvalue weighted by Crippen LogP contribution is 2.46. The number of carbonyl (C=O) groups is 6. The highest BCUT2D eigenvalue weighted by molar-refractivity contribution is 6.00. The number of methoxy groups -OCH3 is 1. The normalized spacial score (nSPS) is 32.4. The van der Waals surface area contributed by atoms with Gasteiger partial charge in [-0.25, -0.2) is 14.4 Å². The van der Waals surface area contributed by atoms with Crippen LogP contribution in [0.25, 0.3) is 21.6 Å². The van der Waals surface area contributed by atoms with Gasteiger partial charge < -0.3 is 43.4 Å². The first-order chi connectivity index (χ1) is 35.3. The number of carbonyl (C=O) groups excluding carboxylic acids is 6. The third-order valence-electron chi connectivity index (χ3n) is 15.9. The van der Waals surface area contributed by atoms with Crippen molar-refractivity contribution in [2.24, 2.45) is 34.7 Å². The molecule has 3 fully saturated rings. The molecule has 18 heteroatoms. The molecule has 5 unspecified atom stereocenters. The number of amides is 2. The maximum absolute atomic E-state index is 14.9. The number of azide groups is 1. The van der Waals surface area contributed by atoms with Crippen LogP contribution in [-0.2, 0) is 47.5 Å². The number of hydrogen-bond donors (Lipinski definition) is 1. The van der Waals surface area contributed by atoms with Gasteiger partial charge in [-0.2, -0.15) is 0 Å². The lowest BCUT2D eigenvalue weighted by atomic mass is 9.73. The summed E-state index contributed by atoms with van der Waals surface area (Å²) in [5, 5.41) is 6.60. The van der Waals surface area contributed by atoms with Crippen LogP contribution in [0.15, 0.2) is 84.0 Å². The molecule has 1 aliphatic carbocycles. The van der Waals surface area contributed by atoms with Crippen molar-refractivity contribution >= 4 is 35.7 Å². The molecule has 0 spiro atoms. The molecule has 0 radical (unpaired) electrons. The number of cyclic esters (lactones) is 1. The SMILES string of the molecule is CC[C@H]1OC(=O)[C@H](C)C(=O)[C@H](C)[C@@H](OC2OC(C)C(OC(=O)c3ccccc3)C(NC(=O)OCC3c4ccccc4-c4ccccc43)C2C)[C@@](C)(OC)C[C@@H](C)C(=O)[C@H](C)[C@H]2N(CCCCN=[N+]=[N-])C(=O)O[C@]12C. The highest BCUT2D eigenvalue weighted by Gasteiger charge is 2.60. The van der Waals surface area contributed by atoms with Gasteiger partial charge >= 0.3 is 24.1 Å². The lowest BCUT2D eigenvalue weighted by molar-refractivity contribution is -0.291. The molecule has 1 N–H and O–H groups in total. The monoisotopic (exact) mass is 1020 g/mol. The van der Waals surface area contributed by atoms with Crippen molar-refractivity contribution in [3.63, 3.8) is 0 Å². The molecule has 14 atom stereocenters. The standard InChI is InChI=1S/C56H71N5O13/c1-11-43-56(9)48(61(54(67)74-56)28-20-19-27-58-60-57)33(4)45(62)31(2)29-55(8,68-10)49(34(5)46(63)35(6)50(64)71-43)73-52-32(3)44(47(36(7)70-52)72-51(65)37-21-13-12-14-22-37)59-53(66)69-30-42-40-25-17-15-23-38(40)39-24-16-18-26-41(39)42/h12-18,21-26,31-36,42-44,47-49,52H,11,19-20,27-30H2,1-10H3,(H,59,66)/t31-,32?,33+,34+,35-,36?,43-,44?,47?,48-,49-,52?,55+,56-/m1/s1. The van der Waals surface area contributed by atoms with E-state index in [1.54, 1.807) is 85.7 Å². The van der Waals surface area contributed by atoms with Crippen molar-refractivity contribution in [1.82, 2.24) is 10.2 Å². The zero-order valence-corrected chi connectivity index (χ0v) is 44.1. The van der Waals surface area contributed by atoms with E-state index in [0.29, 0.717) is 12.8 Å². The van der Waals surface area contributed by atoms with Gasteiger partial charge in [0.2, 0.25) is 0 Å². The molecule has 0 saturated carbocycles. The first-order valence-corrected chi connectivity index (χ1v) is 25.8. The van der Waals surface area contributed by atoms with E-state index in [1.807, 2.05) is 48.5 Å². The van der Waals surface area contributed by atoms with E-state index < -0.39 is 113 Å². The number of Topliss-reactive ketones (excluding diaryl/α,β-unsaturated/α-hetero) is 2. The van der Waals surface area contributed by atoms with Crippen molar-refractivity contribution < 1.29 is 61.9 Å². The number of hydrogen-bond acceptors (Lipinski definition) is 14. The van der Waals surface area contributed by atoms with E-state index in [-0.39, 0.29) is 49.8 Å². The first kappa shape index (κ1) is 55.4. The molecule has 3 aromatic rings.